The van der Waals surface area contributed by atoms with Crippen LogP contribution < -0.4 is 9.64 Å². The Balaban J connectivity index is 1.39. The number of carbonyl (C=O) groups is 1. The third-order valence-electron chi connectivity index (χ3n) is 5.76. The highest BCUT2D eigenvalue weighted by atomic mass is 16.5. The third-order valence-corrected chi connectivity index (χ3v) is 5.76. The lowest BCUT2D eigenvalue weighted by Gasteiger charge is -2.24. The summed E-state index contributed by atoms with van der Waals surface area (Å²) in [5.41, 5.74) is 3.70. The zero-order valence-corrected chi connectivity index (χ0v) is 18.3. The topological polar surface area (TPSA) is 80.4 Å². The molecular weight excluding hydrogens is 412 g/mol. The van der Waals surface area contributed by atoms with Crippen LogP contribution in [0.1, 0.15) is 33.5 Å². The molecule has 6 nitrogen and oxygen atoms in total. The van der Waals surface area contributed by atoms with Gasteiger partial charge in [0, 0.05) is 43.0 Å². The van der Waals surface area contributed by atoms with E-state index in [1.54, 1.807) is 12.1 Å². The molecule has 1 aliphatic rings. The van der Waals surface area contributed by atoms with E-state index in [4.69, 9.17) is 10.00 Å². The minimum Gasteiger partial charge on any atom is -0.489 e. The molecule has 0 aromatic heterocycles. The molecule has 0 aliphatic carbocycles. The normalized spacial score (nSPS) is 13.5. The van der Waals surface area contributed by atoms with Crippen molar-refractivity contribution in [3.05, 3.63) is 95.1 Å². The Labute approximate surface area is 193 Å². The zero-order valence-electron chi connectivity index (χ0n) is 18.3. The average Bonchev–Trinajstić information content (AvgIpc) is 3.14. The molecule has 0 spiro atoms. The van der Waals surface area contributed by atoms with Gasteiger partial charge in [-0.05, 0) is 55.0 Å². The Hall–Kier alpha value is -4.29. The summed E-state index contributed by atoms with van der Waals surface area (Å²) in [7, 11) is 0. The maximum Gasteiger partial charge on any atom is 0.254 e. The first-order valence-electron chi connectivity index (χ1n) is 10.9. The van der Waals surface area contributed by atoms with Crippen molar-refractivity contribution in [1.82, 2.24) is 4.90 Å². The molecule has 1 aliphatic heterocycles. The van der Waals surface area contributed by atoms with E-state index in [1.807, 2.05) is 65.6 Å². The van der Waals surface area contributed by atoms with Crippen LogP contribution in [0.25, 0.3) is 0 Å². The summed E-state index contributed by atoms with van der Waals surface area (Å²) in [5.74, 6) is 0.585. The minimum atomic E-state index is -0.0143. The van der Waals surface area contributed by atoms with Gasteiger partial charge >= 0.3 is 0 Å². The molecule has 1 saturated heterocycles. The van der Waals surface area contributed by atoms with Crippen LogP contribution in [0, 0.1) is 22.7 Å². The monoisotopic (exact) mass is 436 g/mol. The third kappa shape index (κ3) is 5.31. The van der Waals surface area contributed by atoms with E-state index in [0.717, 1.165) is 30.8 Å². The number of ether oxygens (including phenoxy) is 1. The summed E-state index contributed by atoms with van der Waals surface area (Å²) in [6, 6.07) is 26.4. The molecule has 3 aromatic carbocycles. The lowest BCUT2D eigenvalue weighted by Crippen LogP contribution is -2.35. The van der Waals surface area contributed by atoms with Gasteiger partial charge in [0.15, 0.2) is 0 Å². The molecule has 0 radical (unpaired) electrons. The molecule has 0 N–H and O–H groups in total. The van der Waals surface area contributed by atoms with Crippen LogP contribution in [0.15, 0.2) is 72.8 Å². The maximum absolute atomic E-state index is 13.2. The Bertz CT molecular complexity index is 1210. The molecule has 6 heteroatoms. The highest BCUT2D eigenvalue weighted by Gasteiger charge is 2.21. The first-order valence-corrected chi connectivity index (χ1v) is 10.9. The fourth-order valence-corrected chi connectivity index (χ4v) is 3.94. The highest BCUT2D eigenvalue weighted by Crippen LogP contribution is 2.21. The summed E-state index contributed by atoms with van der Waals surface area (Å²) >= 11 is 0. The highest BCUT2D eigenvalue weighted by molar-refractivity contribution is 5.94. The van der Waals surface area contributed by atoms with Gasteiger partial charge in [0.05, 0.1) is 23.3 Å². The van der Waals surface area contributed by atoms with Gasteiger partial charge in [-0.2, -0.15) is 10.5 Å². The summed E-state index contributed by atoms with van der Waals surface area (Å²) in [6.45, 7) is 3.17. The number of nitriles is 2. The van der Waals surface area contributed by atoms with E-state index in [9.17, 15) is 10.1 Å². The average molecular weight is 437 g/mol. The fourth-order valence-electron chi connectivity index (χ4n) is 3.94. The van der Waals surface area contributed by atoms with E-state index in [1.165, 1.54) is 0 Å². The van der Waals surface area contributed by atoms with Gasteiger partial charge in [-0.1, -0.05) is 24.3 Å². The van der Waals surface area contributed by atoms with Gasteiger partial charge in [-0.25, -0.2) is 0 Å². The number of hydrogen-bond acceptors (Lipinski definition) is 5. The molecule has 1 heterocycles. The number of amides is 1. The molecule has 0 atom stereocenters. The molecule has 3 aromatic rings. The molecule has 0 unspecified atom stereocenters. The molecule has 4 rings (SSSR count). The van der Waals surface area contributed by atoms with Crippen molar-refractivity contribution < 1.29 is 9.53 Å². The van der Waals surface area contributed by atoms with Gasteiger partial charge in [0.2, 0.25) is 0 Å². The van der Waals surface area contributed by atoms with Crippen molar-refractivity contribution in [1.29, 1.82) is 10.5 Å². The van der Waals surface area contributed by atoms with Gasteiger partial charge in [0.1, 0.15) is 12.4 Å². The number of anilines is 1. The molecule has 1 fully saturated rings. The van der Waals surface area contributed by atoms with Gasteiger partial charge < -0.3 is 14.5 Å². The van der Waals surface area contributed by atoms with Crippen molar-refractivity contribution in [3.63, 3.8) is 0 Å². The van der Waals surface area contributed by atoms with Crippen molar-refractivity contribution in [3.8, 4) is 17.9 Å². The van der Waals surface area contributed by atoms with Crippen LogP contribution in [0.4, 0.5) is 5.69 Å². The summed E-state index contributed by atoms with van der Waals surface area (Å²) in [6.07, 6.45) is 0.868. The second kappa shape index (κ2) is 10.3. The van der Waals surface area contributed by atoms with E-state index in [-0.39, 0.29) is 12.5 Å². The Morgan fingerprint density at radius 1 is 0.879 bits per heavy atom. The molecule has 33 heavy (non-hydrogen) atoms. The van der Waals surface area contributed by atoms with Crippen LogP contribution in [-0.4, -0.2) is 37.0 Å². The van der Waals surface area contributed by atoms with Gasteiger partial charge in [0.25, 0.3) is 5.91 Å². The fraction of sp³-hybridized carbons (Fsp3) is 0.222. The minimum absolute atomic E-state index is 0.0143. The van der Waals surface area contributed by atoms with E-state index in [2.05, 4.69) is 17.0 Å². The molecule has 0 saturated carbocycles. The second-order valence-corrected chi connectivity index (χ2v) is 7.88. The van der Waals surface area contributed by atoms with Crippen LogP contribution in [-0.2, 0) is 6.61 Å². The predicted octanol–water partition coefficient (Wildman–Crippen LogP) is 4.36. The lowest BCUT2D eigenvalue weighted by molar-refractivity contribution is 0.0766. The summed E-state index contributed by atoms with van der Waals surface area (Å²) < 4.78 is 5.88. The zero-order chi connectivity index (χ0) is 23.0. The Morgan fingerprint density at radius 2 is 1.70 bits per heavy atom. The number of carbonyl (C=O) groups excluding carboxylic acids is 1. The van der Waals surface area contributed by atoms with Crippen LogP contribution >= 0.6 is 0 Å². The largest absolute Gasteiger partial charge is 0.489 e. The van der Waals surface area contributed by atoms with Crippen molar-refractivity contribution >= 4 is 11.6 Å². The first kappa shape index (κ1) is 21.9. The molecule has 164 valence electrons. The van der Waals surface area contributed by atoms with Crippen LogP contribution in [0.5, 0.6) is 5.75 Å². The molecule has 0 bridgehead atoms. The van der Waals surface area contributed by atoms with Crippen molar-refractivity contribution in [2.75, 3.05) is 31.1 Å². The lowest BCUT2D eigenvalue weighted by atomic mass is 10.1. The van der Waals surface area contributed by atoms with E-state index < -0.39 is 0 Å². The quantitative estimate of drug-likeness (QED) is 0.594. The standard InChI is InChI=1S/C27H24N4O2/c28-18-21-9-11-25(12-10-21)30-13-4-14-31(16-15-30)27(32)22-7-3-8-26(17-22)33-20-24-6-2-1-5-23(24)19-29/h1-3,5-12,17H,4,13-16,20H2. The Morgan fingerprint density at radius 3 is 2.48 bits per heavy atom. The number of benzene rings is 3. The van der Waals surface area contributed by atoms with E-state index in [0.29, 0.717) is 35.5 Å². The van der Waals surface area contributed by atoms with Crippen LogP contribution in [0.3, 0.4) is 0 Å². The number of hydrogen-bond donors (Lipinski definition) is 0. The summed E-state index contributed by atoms with van der Waals surface area (Å²) in [4.78, 5) is 17.3. The van der Waals surface area contributed by atoms with Crippen LogP contribution in [0.2, 0.25) is 0 Å². The maximum atomic E-state index is 13.2. The number of nitrogens with zero attached hydrogens (tertiary/aromatic N) is 4. The van der Waals surface area contributed by atoms with Gasteiger partial charge in [-0.15, -0.1) is 0 Å². The predicted molar refractivity (Wildman–Crippen MR) is 126 cm³/mol. The Kier molecular flexibility index (Phi) is 6.87. The summed E-state index contributed by atoms with van der Waals surface area (Å²) in [5, 5.41) is 18.2. The van der Waals surface area contributed by atoms with Gasteiger partial charge in [-0.3, -0.25) is 4.79 Å². The smallest absolute Gasteiger partial charge is 0.254 e. The second-order valence-electron chi connectivity index (χ2n) is 7.88. The number of rotatable bonds is 5. The molecular formula is C27H24N4O2. The van der Waals surface area contributed by atoms with Crippen molar-refractivity contribution in [2.45, 2.75) is 13.0 Å². The first-order chi connectivity index (χ1) is 16.2. The molecule has 1 amide bonds. The SMILES string of the molecule is N#Cc1ccc(N2CCCN(C(=O)c3cccc(OCc4ccccc4C#N)c3)CC2)cc1. The van der Waals surface area contributed by atoms with Crippen molar-refractivity contribution in [2.24, 2.45) is 0 Å². The van der Waals surface area contributed by atoms with E-state index >= 15 is 0 Å².